The molecule has 6 nitrogen and oxygen atoms in total. The Bertz CT molecular complexity index is 872. The van der Waals surface area contributed by atoms with Crippen molar-refractivity contribution in [1.29, 1.82) is 0 Å². The number of unbranched alkanes of at least 4 members (excludes halogenated alkanes) is 1. The van der Waals surface area contributed by atoms with Gasteiger partial charge in [0.05, 0.1) is 11.0 Å². The second kappa shape index (κ2) is 9.32. The predicted octanol–water partition coefficient (Wildman–Crippen LogP) is 2.52. The molecule has 1 atom stereocenters. The van der Waals surface area contributed by atoms with Gasteiger partial charge in [-0.15, -0.1) is 0 Å². The molecule has 1 aliphatic rings. The molecule has 0 spiro atoms. The summed E-state index contributed by atoms with van der Waals surface area (Å²) in [6.45, 7) is 0.617. The van der Waals surface area contributed by atoms with Crippen LogP contribution in [0.4, 0.5) is 0 Å². The largest absolute Gasteiger partial charge is 0.354 e. The Labute approximate surface area is 159 Å². The molecule has 0 bridgehead atoms. The summed E-state index contributed by atoms with van der Waals surface area (Å²) in [4.78, 5) is 38.4. The Kier molecular flexibility index (Phi) is 6.85. The molecular weight excluding hydrogens is 370 g/mol. The van der Waals surface area contributed by atoms with Crippen LogP contribution < -0.4 is 16.4 Å². The summed E-state index contributed by atoms with van der Waals surface area (Å²) >= 11 is 0. The number of fused-ring (bicyclic) bond motifs is 1. The smallest absolute Gasteiger partial charge is 0.316 e. The van der Waals surface area contributed by atoms with Gasteiger partial charge in [0, 0.05) is 30.5 Å². The molecule has 1 aliphatic heterocycles. The van der Waals surface area contributed by atoms with Gasteiger partial charge in [0.15, 0.2) is 0 Å². The topological polar surface area (TPSA) is 84.0 Å². The van der Waals surface area contributed by atoms with Crippen molar-refractivity contribution in [3.63, 3.8) is 0 Å². The number of amides is 1. The first kappa shape index (κ1) is 19.1. The summed E-state index contributed by atoms with van der Waals surface area (Å²) in [6.07, 6.45) is 4.93. The lowest BCUT2D eigenvalue weighted by Crippen LogP contribution is -2.39. The van der Waals surface area contributed by atoms with Crippen LogP contribution in [0, 0.1) is 0 Å². The average molecular weight is 394 g/mol. The molecule has 1 saturated heterocycles. The van der Waals surface area contributed by atoms with Gasteiger partial charge in [0.2, 0.25) is 5.91 Å². The SMILES string of the molecule is O=C(CCCC[C@@H]1CCSS1)NCCn1c(=O)c(=O)[nH]c2ccccc21. The van der Waals surface area contributed by atoms with Crippen LogP contribution in [0.2, 0.25) is 0 Å². The van der Waals surface area contributed by atoms with Crippen molar-refractivity contribution in [2.45, 2.75) is 43.9 Å². The van der Waals surface area contributed by atoms with E-state index in [2.05, 4.69) is 10.3 Å². The second-order valence-electron chi connectivity index (χ2n) is 6.35. The fourth-order valence-electron chi connectivity index (χ4n) is 3.06. The van der Waals surface area contributed by atoms with E-state index in [9.17, 15) is 14.4 Å². The average Bonchev–Trinajstić information content (AvgIpc) is 3.15. The molecule has 0 radical (unpaired) electrons. The van der Waals surface area contributed by atoms with Gasteiger partial charge in [-0.05, 0) is 31.4 Å². The molecule has 1 fully saturated rings. The van der Waals surface area contributed by atoms with Crippen LogP contribution in [0.1, 0.15) is 32.1 Å². The molecule has 8 heteroatoms. The quantitative estimate of drug-likeness (QED) is 0.409. The molecule has 26 heavy (non-hydrogen) atoms. The molecule has 2 heterocycles. The minimum Gasteiger partial charge on any atom is -0.354 e. The number of rotatable bonds is 8. The van der Waals surface area contributed by atoms with Crippen molar-refractivity contribution in [3.8, 4) is 0 Å². The normalized spacial score (nSPS) is 16.8. The summed E-state index contributed by atoms with van der Waals surface area (Å²) in [5.74, 6) is 1.24. The lowest BCUT2D eigenvalue weighted by Gasteiger charge is -2.11. The molecule has 1 aromatic carbocycles. The fourth-order valence-corrected chi connectivity index (χ4v) is 6.09. The van der Waals surface area contributed by atoms with Crippen molar-refractivity contribution >= 4 is 38.5 Å². The van der Waals surface area contributed by atoms with E-state index >= 15 is 0 Å². The molecule has 1 amide bonds. The molecule has 0 aliphatic carbocycles. The molecule has 0 unspecified atom stereocenters. The van der Waals surface area contributed by atoms with Gasteiger partial charge in [-0.3, -0.25) is 14.4 Å². The van der Waals surface area contributed by atoms with Crippen LogP contribution in [0.15, 0.2) is 33.9 Å². The molecular formula is C18H23N3O3S2. The number of aromatic amines is 1. The van der Waals surface area contributed by atoms with Gasteiger partial charge < -0.3 is 14.9 Å². The third-order valence-corrected chi connectivity index (χ3v) is 7.45. The van der Waals surface area contributed by atoms with Gasteiger partial charge in [-0.25, -0.2) is 0 Å². The maximum Gasteiger partial charge on any atom is 0.316 e. The Morgan fingerprint density at radius 1 is 1.27 bits per heavy atom. The third kappa shape index (κ3) is 4.94. The van der Waals surface area contributed by atoms with Crippen LogP contribution in [0.5, 0.6) is 0 Å². The zero-order chi connectivity index (χ0) is 18.4. The van der Waals surface area contributed by atoms with Crippen molar-refractivity contribution in [1.82, 2.24) is 14.9 Å². The van der Waals surface area contributed by atoms with Gasteiger partial charge in [0.1, 0.15) is 0 Å². The van der Waals surface area contributed by atoms with Crippen molar-refractivity contribution < 1.29 is 4.79 Å². The molecule has 3 rings (SSSR count). The van der Waals surface area contributed by atoms with Gasteiger partial charge in [-0.2, -0.15) is 0 Å². The number of nitrogens with zero attached hydrogens (tertiary/aromatic N) is 1. The second-order valence-corrected chi connectivity index (χ2v) is 9.14. The number of benzene rings is 1. The first-order valence-corrected chi connectivity index (χ1v) is 11.3. The summed E-state index contributed by atoms with van der Waals surface area (Å²) in [5.41, 5.74) is 0.0486. The van der Waals surface area contributed by atoms with Gasteiger partial charge >= 0.3 is 11.1 Å². The maximum absolute atomic E-state index is 12.1. The van der Waals surface area contributed by atoms with E-state index in [1.165, 1.54) is 23.2 Å². The number of hydrogen-bond acceptors (Lipinski definition) is 5. The van der Waals surface area contributed by atoms with Gasteiger partial charge in [0.25, 0.3) is 0 Å². The fraction of sp³-hybridized carbons (Fsp3) is 0.500. The van der Waals surface area contributed by atoms with E-state index in [-0.39, 0.29) is 12.5 Å². The van der Waals surface area contributed by atoms with Crippen LogP contribution >= 0.6 is 21.6 Å². The molecule has 140 valence electrons. The number of carbonyl (C=O) groups is 1. The van der Waals surface area contributed by atoms with Crippen LogP contribution in [-0.2, 0) is 11.3 Å². The predicted molar refractivity (Wildman–Crippen MR) is 109 cm³/mol. The van der Waals surface area contributed by atoms with E-state index in [1.54, 1.807) is 18.2 Å². The number of para-hydroxylation sites is 2. The summed E-state index contributed by atoms with van der Waals surface area (Å²) in [6, 6.07) is 7.16. The molecule has 2 aromatic rings. The van der Waals surface area contributed by atoms with Crippen molar-refractivity contribution in [2.24, 2.45) is 0 Å². The third-order valence-electron chi connectivity index (χ3n) is 4.45. The minimum absolute atomic E-state index is 0.000597. The Morgan fingerprint density at radius 2 is 2.12 bits per heavy atom. The number of nitrogens with one attached hydrogen (secondary N) is 2. The number of carbonyl (C=O) groups excluding carboxylic acids is 1. The van der Waals surface area contributed by atoms with Crippen molar-refractivity contribution in [3.05, 3.63) is 45.0 Å². The highest BCUT2D eigenvalue weighted by molar-refractivity contribution is 8.77. The standard InChI is InChI=1S/C18H23N3O3S2/c22-16(8-4-1-5-13-9-12-25-26-13)19-10-11-21-15-7-3-2-6-14(15)20-17(23)18(21)24/h2-3,6-7,13H,1,4-5,8-12H2,(H,19,22)(H,20,23)/t13-/m1/s1. The minimum atomic E-state index is -0.641. The number of H-pyrrole nitrogens is 1. The van der Waals surface area contributed by atoms with E-state index in [0.717, 1.165) is 18.1 Å². The van der Waals surface area contributed by atoms with E-state index in [0.29, 0.717) is 24.0 Å². The zero-order valence-corrected chi connectivity index (χ0v) is 16.2. The highest BCUT2D eigenvalue weighted by atomic mass is 33.1. The molecule has 0 saturated carbocycles. The van der Waals surface area contributed by atoms with Crippen LogP contribution in [0.3, 0.4) is 0 Å². The first-order valence-electron chi connectivity index (χ1n) is 8.92. The monoisotopic (exact) mass is 393 g/mol. The highest BCUT2D eigenvalue weighted by Gasteiger charge is 2.15. The van der Waals surface area contributed by atoms with Crippen LogP contribution in [0.25, 0.3) is 11.0 Å². The Balaban J connectivity index is 1.46. The van der Waals surface area contributed by atoms with Crippen LogP contribution in [-0.4, -0.2) is 33.0 Å². The maximum atomic E-state index is 12.1. The number of hydrogen-bond donors (Lipinski definition) is 2. The lowest BCUT2D eigenvalue weighted by molar-refractivity contribution is -0.121. The first-order chi connectivity index (χ1) is 12.6. The highest BCUT2D eigenvalue weighted by Crippen LogP contribution is 2.39. The summed E-state index contributed by atoms with van der Waals surface area (Å²) < 4.78 is 1.42. The van der Waals surface area contributed by atoms with E-state index in [1.807, 2.05) is 27.7 Å². The number of aromatic nitrogens is 2. The molecule has 1 aromatic heterocycles. The van der Waals surface area contributed by atoms with E-state index in [4.69, 9.17) is 0 Å². The Morgan fingerprint density at radius 3 is 2.92 bits per heavy atom. The molecule has 2 N–H and O–H groups in total. The van der Waals surface area contributed by atoms with Crippen molar-refractivity contribution in [2.75, 3.05) is 12.3 Å². The lowest BCUT2D eigenvalue weighted by atomic mass is 10.1. The Hall–Kier alpha value is -1.67. The summed E-state index contributed by atoms with van der Waals surface area (Å²) in [7, 11) is 3.92. The summed E-state index contributed by atoms with van der Waals surface area (Å²) in [5, 5.41) is 3.60. The zero-order valence-electron chi connectivity index (χ0n) is 14.5. The van der Waals surface area contributed by atoms with E-state index < -0.39 is 11.1 Å². The van der Waals surface area contributed by atoms with Gasteiger partial charge in [-0.1, -0.05) is 40.1 Å².